The number of carboxylic acid groups (broad SMARTS) is 1. The highest BCUT2D eigenvalue weighted by atomic mass is 16.6. The number of nitrogens with one attached hydrogen (secondary N) is 1. The smallest absolute Gasteiger partial charge is 0.341 e. The van der Waals surface area contributed by atoms with E-state index in [4.69, 9.17) is 5.11 Å². The molecule has 9 nitrogen and oxygen atoms in total. The fourth-order valence-corrected chi connectivity index (χ4v) is 1.91. The van der Waals surface area contributed by atoms with Crippen molar-refractivity contribution in [2.24, 2.45) is 0 Å². The largest absolute Gasteiger partial charge is 0.477 e. The minimum absolute atomic E-state index is 0.00932. The molecule has 0 spiro atoms. The molecule has 0 fully saturated rings. The number of hydrogen-bond donors (Lipinski definition) is 2. The molecular weight excluding hydrogens is 306 g/mol. The molecule has 2 N–H and O–H groups in total. The number of aromatic carboxylic acids is 1. The minimum atomic E-state index is -1.40. The first-order valence-electron chi connectivity index (χ1n) is 6.36. The van der Waals surface area contributed by atoms with Crippen molar-refractivity contribution in [1.82, 2.24) is 4.57 Å². The van der Waals surface area contributed by atoms with Gasteiger partial charge in [0, 0.05) is 12.3 Å². The third-order valence-corrected chi connectivity index (χ3v) is 2.94. The molecule has 23 heavy (non-hydrogen) atoms. The molecule has 0 saturated carbocycles. The second-order valence-electron chi connectivity index (χ2n) is 4.48. The van der Waals surface area contributed by atoms with Crippen molar-refractivity contribution < 1.29 is 19.6 Å². The van der Waals surface area contributed by atoms with E-state index in [2.05, 4.69) is 5.32 Å². The molecule has 1 heterocycles. The molecule has 1 amide bonds. The molecule has 2 aromatic rings. The average Bonchev–Trinajstić information content (AvgIpc) is 2.49. The minimum Gasteiger partial charge on any atom is -0.477 e. The predicted molar refractivity (Wildman–Crippen MR) is 79.4 cm³/mol. The van der Waals surface area contributed by atoms with Crippen molar-refractivity contribution >= 4 is 23.3 Å². The van der Waals surface area contributed by atoms with Gasteiger partial charge in [-0.1, -0.05) is 12.1 Å². The summed E-state index contributed by atoms with van der Waals surface area (Å²) in [4.78, 5) is 44.9. The molecule has 0 bridgehead atoms. The van der Waals surface area contributed by atoms with Crippen LogP contribution in [0.1, 0.15) is 10.4 Å². The number of amides is 1. The van der Waals surface area contributed by atoms with Crippen LogP contribution in [0.2, 0.25) is 0 Å². The molecule has 9 heteroatoms. The number of carboxylic acids is 1. The summed E-state index contributed by atoms with van der Waals surface area (Å²) in [6.07, 6.45) is 1.26. The summed E-state index contributed by atoms with van der Waals surface area (Å²) in [6, 6.07) is 8.00. The number of nitro groups is 1. The van der Waals surface area contributed by atoms with Crippen molar-refractivity contribution in [3.63, 3.8) is 0 Å². The lowest BCUT2D eigenvalue weighted by Gasteiger charge is -2.08. The van der Waals surface area contributed by atoms with Gasteiger partial charge in [-0.2, -0.15) is 0 Å². The van der Waals surface area contributed by atoms with Gasteiger partial charge in [-0.25, -0.2) is 4.79 Å². The van der Waals surface area contributed by atoms with E-state index in [0.717, 1.165) is 10.6 Å². The van der Waals surface area contributed by atoms with E-state index in [1.54, 1.807) is 0 Å². The van der Waals surface area contributed by atoms with Gasteiger partial charge in [-0.15, -0.1) is 0 Å². The van der Waals surface area contributed by atoms with Crippen molar-refractivity contribution in [3.8, 4) is 0 Å². The number of aromatic nitrogens is 1. The van der Waals surface area contributed by atoms with Gasteiger partial charge < -0.3 is 15.0 Å². The summed E-state index contributed by atoms with van der Waals surface area (Å²) in [5.41, 5.74) is -1.60. The lowest BCUT2D eigenvalue weighted by atomic mass is 10.2. The number of para-hydroxylation sites is 2. The second kappa shape index (κ2) is 6.52. The summed E-state index contributed by atoms with van der Waals surface area (Å²) in [5.74, 6) is -2.09. The molecule has 0 atom stereocenters. The molecule has 0 aliphatic heterocycles. The number of anilines is 1. The van der Waals surface area contributed by atoms with E-state index >= 15 is 0 Å². The summed E-state index contributed by atoms with van der Waals surface area (Å²) in [5, 5.41) is 22.1. The fourth-order valence-electron chi connectivity index (χ4n) is 1.91. The molecule has 1 aromatic carbocycles. The topological polar surface area (TPSA) is 132 Å². The molecular formula is C14H11N3O6. The Hall–Kier alpha value is -3.49. The highest BCUT2D eigenvalue weighted by Crippen LogP contribution is 2.22. The van der Waals surface area contributed by atoms with Crippen LogP contribution >= 0.6 is 0 Å². The Morgan fingerprint density at radius 3 is 2.57 bits per heavy atom. The summed E-state index contributed by atoms with van der Waals surface area (Å²) in [7, 11) is 0. The van der Waals surface area contributed by atoms with E-state index in [-0.39, 0.29) is 11.4 Å². The Bertz CT molecular complexity index is 842. The first-order valence-corrected chi connectivity index (χ1v) is 6.36. The predicted octanol–water partition coefficient (Wildman–Crippen LogP) is 1.09. The first-order chi connectivity index (χ1) is 10.9. The lowest BCUT2D eigenvalue weighted by molar-refractivity contribution is -0.383. The van der Waals surface area contributed by atoms with E-state index in [1.807, 2.05) is 0 Å². The standard InChI is InChI=1S/C14H11N3O6/c18-12(15-10-5-1-2-6-11(10)17(22)23)8-16-7-3-4-9(13(16)19)14(20)21/h1-7H,8H2,(H,15,18)(H,20,21). The van der Waals surface area contributed by atoms with Crippen LogP contribution in [0.25, 0.3) is 0 Å². The number of hydrogen-bond acceptors (Lipinski definition) is 5. The molecule has 0 aliphatic carbocycles. The van der Waals surface area contributed by atoms with Gasteiger partial charge in [0.05, 0.1) is 4.92 Å². The maximum absolute atomic E-state index is 11.9. The molecule has 118 valence electrons. The van der Waals surface area contributed by atoms with Crippen LogP contribution in [0.3, 0.4) is 0 Å². The Morgan fingerprint density at radius 1 is 1.22 bits per heavy atom. The maximum Gasteiger partial charge on any atom is 0.341 e. The van der Waals surface area contributed by atoms with Crippen molar-refractivity contribution in [2.45, 2.75) is 6.54 Å². The van der Waals surface area contributed by atoms with Gasteiger partial charge in [0.25, 0.3) is 11.2 Å². The van der Waals surface area contributed by atoms with Crippen LogP contribution in [-0.2, 0) is 11.3 Å². The SMILES string of the molecule is O=C(Cn1cccc(C(=O)O)c1=O)Nc1ccccc1[N+](=O)[O-]. The van der Waals surface area contributed by atoms with Crippen LogP contribution in [-0.4, -0.2) is 26.5 Å². The molecule has 0 aliphatic rings. The number of carbonyl (C=O) groups excluding carboxylic acids is 1. The molecule has 1 aromatic heterocycles. The van der Waals surface area contributed by atoms with Crippen LogP contribution in [0, 0.1) is 10.1 Å². The Kier molecular flexibility index (Phi) is 4.50. The normalized spacial score (nSPS) is 10.1. The van der Waals surface area contributed by atoms with Crippen LogP contribution in [0.5, 0.6) is 0 Å². The fraction of sp³-hybridized carbons (Fsp3) is 0.0714. The first kappa shape index (κ1) is 15.9. The Balaban J connectivity index is 2.22. The van der Waals surface area contributed by atoms with E-state index in [1.165, 1.54) is 36.5 Å². The molecule has 0 radical (unpaired) electrons. The second-order valence-corrected chi connectivity index (χ2v) is 4.48. The highest BCUT2D eigenvalue weighted by molar-refractivity contribution is 5.93. The zero-order valence-corrected chi connectivity index (χ0v) is 11.6. The van der Waals surface area contributed by atoms with Gasteiger partial charge in [0.15, 0.2) is 0 Å². The highest BCUT2D eigenvalue weighted by Gasteiger charge is 2.16. The Morgan fingerprint density at radius 2 is 1.91 bits per heavy atom. The average molecular weight is 317 g/mol. The summed E-state index contributed by atoms with van der Waals surface area (Å²) < 4.78 is 0.910. The molecule has 0 saturated heterocycles. The van der Waals surface area contributed by atoms with Crippen LogP contribution in [0.4, 0.5) is 11.4 Å². The quantitative estimate of drug-likeness (QED) is 0.627. The monoisotopic (exact) mass is 317 g/mol. The summed E-state index contributed by atoms with van der Waals surface area (Å²) >= 11 is 0. The number of nitrogens with zero attached hydrogens (tertiary/aromatic N) is 2. The zero-order valence-electron chi connectivity index (χ0n) is 11.6. The van der Waals surface area contributed by atoms with E-state index in [9.17, 15) is 24.5 Å². The van der Waals surface area contributed by atoms with Crippen molar-refractivity contribution in [2.75, 3.05) is 5.32 Å². The van der Waals surface area contributed by atoms with Gasteiger partial charge in [0.1, 0.15) is 17.8 Å². The number of benzene rings is 1. The summed E-state index contributed by atoms with van der Waals surface area (Å²) in [6.45, 7) is -0.466. The number of carbonyl (C=O) groups is 2. The van der Waals surface area contributed by atoms with Crippen molar-refractivity contribution in [3.05, 3.63) is 68.6 Å². The van der Waals surface area contributed by atoms with Crippen LogP contribution in [0.15, 0.2) is 47.4 Å². The van der Waals surface area contributed by atoms with Gasteiger partial charge in [-0.05, 0) is 18.2 Å². The van der Waals surface area contributed by atoms with E-state index < -0.39 is 34.5 Å². The van der Waals surface area contributed by atoms with E-state index in [0.29, 0.717) is 0 Å². The van der Waals surface area contributed by atoms with Crippen LogP contribution < -0.4 is 10.9 Å². The van der Waals surface area contributed by atoms with Gasteiger partial charge >= 0.3 is 5.97 Å². The zero-order chi connectivity index (χ0) is 17.0. The number of pyridine rings is 1. The maximum atomic E-state index is 11.9. The third-order valence-electron chi connectivity index (χ3n) is 2.94. The van der Waals surface area contributed by atoms with Gasteiger partial charge in [-0.3, -0.25) is 19.7 Å². The van der Waals surface area contributed by atoms with Crippen molar-refractivity contribution in [1.29, 1.82) is 0 Å². The Labute approximate surface area is 128 Å². The van der Waals surface area contributed by atoms with Gasteiger partial charge in [0.2, 0.25) is 5.91 Å². The molecule has 0 unspecified atom stereocenters. The number of nitro benzene ring substituents is 1. The third kappa shape index (κ3) is 3.59. The molecule has 2 rings (SSSR count). The number of rotatable bonds is 5. The lowest BCUT2D eigenvalue weighted by Crippen LogP contribution is -2.30.